The average molecular weight is 491 g/mol. The first-order valence-corrected chi connectivity index (χ1v) is 12.7. The molecule has 0 aliphatic heterocycles. The molecule has 0 bridgehead atoms. The fraction of sp³-hybridized carbons (Fsp3) is 0.517. The summed E-state index contributed by atoms with van der Waals surface area (Å²) in [6.07, 6.45) is 6.51. The van der Waals surface area contributed by atoms with Gasteiger partial charge in [-0.05, 0) is 105 Å². The predicted octanol–water partition coefficient (Wildman–Crippen LogP) is 7.90. The molecule has 0 radical (unpaired) electrons. The molecule has 4 rings (SSSR count). The van der Waals surface area contributed by atoms with Gasteiger partial charge >= 0.3 is 0 Å². The highest BCUT2D eigenvalue weighted by molar-refractivity contribution is 5.35. The van der Waals surface area contributed by atoms with Gasteiger partial charge in [-0.1, -0.05) is 30.9 Å². The van der Waals surface area contributed by atoms with E-state index in [2.05, 4.69) is 6.58 Å². The minimum Gasteiger partial charge on any atom is -0.486 e. The van der Waals surface area contributed by atoms with Crippen LogP contribution in [-0.2, 0) is 0 Å². The lowest BCUT2D eigenvalue weighted by molar-refractivity contribution is 0.0963. The van der Waals surface area contributed by atoms with Gasteiger partial charge in [0.2, 0.25) is 5.82 Å². The molecule has 35 heavy (non-hydrogen) atoms. The second-order valence-electron chi connectivity index (χ2n) is 10.2. The van der Waals surface area contributed by atoms with Crippen LogP contribution in [0.25, 0.3) is 0 Å². The van der Waals surface area contributed by atoms with Crippen molar-refractivity contribution in [1.29, 1.82) is 0 Å². The van der Waals surface area contributed by atoms with E-state index in [1.807, 2.05) is 0 Å². The van der Waals surface area contributed by atoms with Crippen molar-refractivity contribution < 1.29 is 27.4 Å². The fourth-order valence-corrected chi connectivity index (χ4v) is 5.96. The molecule has 0 amide bonds. The molecule has 2 saturated carbocycles. The van der Waals surface area contributed by atoms with E-state index in [1.54, 1.807) is 25.1 Å². The van der Waals surface area contributed by atoms with Crippen LogP contribution in [-0.4, -0.2) is 17.8 Å². The third-order valence-electron chi connectivity index (χ3n) is 8.08. The number of hydrogen-bond acceptors (Lipinski definition) is 2. The maximum absolute atomic E-state index is 15.1. The topological polar surface area (TPSA) is 29.5 Å². The molecule has 2 nitrogen and oxygen atoms in total. The molecule has 2 aromatic rings. The zero-order chi connectivity index (χ0) is 25.1. The fourth-order valence-electron chi connectivity index (χ4n) is 5.96. The maximum Gasteiger partial charge on any atom is 0.200 e. The zero-order valence-corrected chi connectivity index (χ0v) is 20.2. The van der Waals surface area contributed by atoms with E-state index < -0.39 is 23.3 Å². The van der Waals surface area contributed by atoms with Gasteiger partial charge in [-0.3, -0.25) is 0 Å². The number of ether oxygens (including phenoxy) is 1. The Hall–Kier alpha value is -2.34. The molecule has 1 N–H and O–H groups in total. The van der Waals surface area contributed by atoms with Gasteiger partial charge < -0.3 is 9.84 Å². The highest BCUT2D eigenvalue weighted by Crippen LogP contribution is 2.44. The molecular weight excluding hydrogens is 456 g/mol. The molecule has 2 aliphatic rings. The quantitative estimate of drug-likeness (QED) is 0.316. The molecule has 2 aliphatic carbocycles. The highest BCUT2D eigenvalue weighted by Gasteiger charge is 2.32. The molecule has 190 valence electrons. The molecule has 1 unspecified atom stereocenters. The van der Waals surface area contributed by atoms with Crippen molar-refractivity contribution in [3.05, 3.63) is 76.9 Å². The van der Waals surface area contributed by atoms with Crippen LogP contribution < -0.4 is 4.74 Å². The van der Waals surface area contributed by atoms with Gasteiger partial charge in [0.1, 0.15) is 6.61 Å². The first-order chi connectivity index (χ1) is 16.8. The summed E-state index contributed by atoms with van der Waals surface area (Å²) in [6.45, 7) is 5.37. The standard InChI is InChI=1S/C29H34F4O2/c1-3-16-35-25-15-14-24(28(32)29(25)33)21-10-8-20(9-11-21)23-13-12-22(26(30)27(23)31)19-6-4-18(5-7-19)17(2)34/h3,12-15,17-21,34H,1,4-11,16H2,2H3. The monoisotopic (exact) mass is 490 g/mol. The Morgan fingerprint density at radius 1 is 0.771 bits per heavy atom. The Morgan fingerprint density at radius 3 is 1.60 bits per heavy atom. The second-order valence-corrected chi connectivity index (χ2v) is 10.2. The predicted molar refractivity (Wildman–Crippen MR) is 129 cm³/mol. The average Bonchev–Trinajstić information content (AvgIpc) is 2.87. The third kappa shape index (κ3) is 5.42. The maximum atomic E-state index is 15.1. The van der Waals surface area contributed by atoms with E-state index in [4.69, 9.17) is 4.74 Å². The minimum absolute atomic E-state index is 0.0272. The molecule has 2 aromatic carbocycles. The van der Waals surface area contributed by atoms with Gasteiger partial charge in [0.05, 0.1) is 6.10 Å². The number of hydrogen-bond donors (Lipinski definition) is 1. The van der Waals surface area contributed by atoms with Crippen molar-refractivity contribution in [3.8, 4) is 5.75 Å². The van der Waals surface area contributed by atoms with Crippen molar-refractivity contribution in [2.24, 2.45) is 5.92 Å². The first kappa shape index (κ1) is 25.7. The lowest BCUT2D eigenvalue weighted by Crippen LogP contribution is -2.23. The van der Waals surface area contributed by atoms with E-state index >= 15 is 8.78 Å². The van der Waals surface area contributed by atoms with Gasteiger partial charge in [-0.25, -0.2) is 13.2 Å². The Balaban J connectivity index is 1.42. The molecule has 2 fully saturated rings. The number of aliphatic hydroxyl groups excluding tert-OH is 1. The van der Waals surface area contributed by atoms with Gasteiger partial charge in [-0.15, -0.1) is 0 Å². The lowest BCUT2D eigenvalue weighted by atomic mass is 9.74. The summed E-state index contributed by atoms with van der Waals surface area (Å²) in [4.78, 5) is 0. The van der Waals surface area contributed by atoms with Crippen molar-refractivity contribution >= 4 is 0 Å². The number of rotatable bonds is 7. The van der Waals surface area contributed by atoms with Gasteiger partial charge in [0, 0.05) is 0 Å². The zero-order valence-electron chi connectivity index (χ0n) is 20.2. The summed E-state index contributed by atoms with van der Waals surface area (Å²) in [5.74, 6) is -3.70. The van der Waals surface area contributed by atoms with Crippen molar-refractivity contribution in [1.82, 2.24) is 0 Å². The van der Waals surface area contributed by atoms with Crippen LogP contribution in [0.15, 0.2) is 36.9 Å². The minimum atomic E-state index is -1.00. The number of benzene rings is 2. The van der Waals surface area contributed by atoms with Gasteiger partial charge in [0.15, 0.2) is 23.2 Å². The summed E-state index contributed by atoms with van der Waals surface area (Å²) in [5, 5.41) is 9.79. The van der Waals surface area contributed by atoms with Crippen LogP contribution in [0.5, 0.6) is 5.75 Å². The van der Waals surface area contributed by atoms with E-state index in [0.717, 1.165) is 25.7 Å². The van der Waals surface area contributed by atoms with E-state index in [1.165, 1.54) is 12.1 Å². The summed E-state index contributed by atoms with van der Waals surface area (Å²) >= 11 is 0. The smallest absolute Gasteiger partial charge is 0.200 e. The van der Waals surface area contributed by atoms with Crippen LogP contribution in [0.1, 0.15) is 92.7 Å². The molecule has 0 aromatic heterocycles. The summed E-state index contributed by atoms with van der Waals surface area (Å²) < 4.78 is 64.5. The highest BCUT2D eigenvalue weighted by atomic mass is 19.2. The molecule has 6 heteroatoms. The number of halogens is 4. The van der Waals surface area contributed by atoms with E-state index in [0.29, 0.717) is 42.4 Å². The van der Waals surface area contributed by atoms with Crippen molar-refractivity contribution in [3.63, 3.8) is 0 Å². The first-order valence-electron chi connectivity index (χ1n) is 12.7. The summed E-state index contributed by atoms with van der Waals surface area (Å²) in [7, 11) is 0. The summed E-state index contributed by atoms with van der Waals surface area (Å²) in [5.41, 5.74) is 1.11. The molecule has 0 saturated heterocycles. The van der Waals surface area contributed by atoms with Crippen molar-refractivity contribution in [2.75, 3.05) is 6.61 Å². The Morgan fingerprint density at radius 2 is 1.17 bits per heavy atom. The Kier molecular flexibility index (Phi) is 8.20. The molecule has 0 spiro atoms. The second kappa shape index (κ2) is 11.2. The molecule has 1 atom stereocenters. The molecule has 0 heterocycles. The van der Waals surface area contributed by atoms with Crippen LogP contribution >= 0.6 is 0 Å². The van der Waals surface area contributed by atoms with Crippen LogP contribution in [0.4, 0.5) is 17.6 Å². The largest absolute Gasteiger partial charge is 0.486 e. The van der Waals surface area contributed by atoms with Crippen molar-refractivity contribution in [2.45, 2.75) is 82.1 Å². The van der Waals surface area contributed by atoms with E-state index in [9.17, 15) is 13.9 Å². The third-order valence-corrected chi connectivity index (χ3v) is 8.08. The summed E-state index contributed by atoms with van der Waals surface area (Å²) in [6, 6.07) is 6.44. The normalized spacial score (nSPS) is 25.8. The Labute approximate surface area is 205 Å². The SMILES string of the molecule is C=CCOc1ccc(C2CCC(c3ccc(C4CCC(C(C)O)CC4)c(F)c3F)CC2)c(F)c1F. The Bertz CT molecular complexity index is 1040. The van der Waals surface area contributed by atoms with Crippen LogP contribution in [0.2, 0.25) is 0 Å². The van der Waals surface area contributed by atoms with Gasteiger partial charge in [-0.2, -0.15) is 4.39 Å². The van der Waals surface area contributed by atoms with Gasteiger partial charge in [0.25, 0.3) is 0 Å². The van der Waals surface area contributed by atoms with Crippen LogP contribution in [0.3, 0.4) is 0 Å². The molecular formula is C29H34F4O2. The number of aliphatic hydroxyl groups is 1. The van der Waals surface area contributed by atoms with E-state index in [-0.39, 0.29) is 42.1 Å². The van der Waals surface area contributed by atoms with Crippen LogP contribution in [0, 0.1) is 29.2 Å². The lowest BCUT2D eigenvalue weighted by Gasteiger charge is -2.32.